The van der Waals surface area contributed by atoms with Gasteiger partial charge >= 0.3 is 0 Å². The molecule has 0 spiro atoms. The first-order chi connectivity index (χ1) is 7.66. The Morgan fingerprint density at radius 1 is 1.50 bits per heavy atom. The second-order valence-corrected chi connectivity index (χ2v) is 6.17. The number of aromatic nitrogens is 2. The smallest absolute Gasteiger partial charge is 0.178 e. The average molecular weight is 344 g/mol. The molecular weight excluding hydrogens is 331 g/mol. The summed E-state index contributed by atoms with van der Waals surface area (Å²) >= 11 is 7.75. The van der Waals surface area contributed by atoms with Crippen molar-refractivity contribution in [3.8, 4) is 0 Å². The van der Waals surface area contributed by atoms with Gasteiger partial charge in [-0.15, -0.1) is 0 Å². The normalized spacial score (nSPS) is 17.9. The molecule has 1 aromatic carbocycles. The predicted octanol–water partition coefficient (Wildman–Crippen LogP) is 4.27. The van der Waals surface area contributed by atoms with Crippen molar-refractivity contribution in [1.82, 2.24) is 9.55 Å². The van der Waals surface area contributed by atoms with E-state index in [2.05, 4.69) is 57.3 Å². The summed E-state index contributed by atoms with van der Waals surface area (Å²) in [6.07, 6.45) is 2.69. The van der Waals surface area contributed by atoms with E-state index >= 15 is 0 Å². The summed E-state index contributed by atoms with van der Waals surface area (Å²) in [4.78, 5) is 3.30. The molecule has 0 saturated heterocycles. The van der Waals surface area contributed by atoms with Crippen LogP contribution in [-0.4, -0.2) is 9.55 Å². The number of halogens is 1. The maximum atomic E-state index is 5.42. The van der Waals surface area contributed by atoms with Gasteiger partial charge < -0.3 is 9.55 Å². The fourth-order valence-corrected chi connectivity index (χ4v) is 3.16. The van der Waals surface area contributed by atoms with Gasteiger partial charge in [0.25, 0.3) is 0 Å². The summed E-state index contributed by atoms with van der Waals surface area (Å²) in [5, 5.41) is 0. The molecule has 1 heterocycles. The molecule has 1 aliphatic rings. The first-order valence-corrected chi connectivity index (χ1v) is 7.05. The van der Waals surface area contributed by atoms with Gasteiger partial charge in [0.2, 0.25) is 0 Å². The zero-order valence-corrected chi connectivity index (χ0v) is 12.0. The van der Waals surface area contributed by atoms with Crippen molar-refractivity contribution in [3.05, 3.63) is 26.5 Å². The van der Waals surface area contributed by atoms with Crippen molar-refractivity contribution in [1.29, 1.82) is 0 Å². The van der Waals surface area contributed by atoms with Crippen LogP contribution >= 0.6 is 34.8 Å². The maximum absolute atomic E-state index is 5.42. The highest BCUT2D eigenvalue weighted by Crippen LogP contribution is 2.40. The number of benzene rings is 1. The molecule has 0 bridgehead atoms. The van der Waals surface area contributed by atoms with Gasteiger partial charge in [0.15, 0.2) is 4.77 Å². The van der Waals surface area contributed by atoms with Gasteiger partial charge in [-0.1, -0.05) is 0 Å². The highest BCUT2D eigenvalue weighted by molar-refractivity contribution is 14.1. The molecule has 1 aliphatic carbocycles. The van der Waals surface area contributed by atoms with E-state index in [1.54, 1.807) is 0 Å². The van der Waals surface area contributed by atoms with Crippen molar-refractivity contribution >= 4 is 45.8 Å². The minimum absolute atomic E-state index is 0.529. The topological polar surface area (TPSA) is 20.7 Å². The highest BCUT2D eigenvalue weighted by Gasteiger charge is 2.30. The zero-order chi connectivity index (χ0) is 11.3. The van der Waals surface area contributed by atoms with Crippen LogP contribution in [0.2, 0.25) is 0 Å². The third-order valence-electron chi connectivity index (χ3n) is 3.39. The molecule has 1 N–H and O–H groups in total. The number of aromatic amines is 1. The molecule has 0 aliphatic heterocycles. The molecule has 2 nitrogen and oxygen atoms in total. The largest absolute Gasteiger partial charge is 0.331 e. The summed E-state index contributed by atoms with van der Waals surface area (Å²) in [5.74, 6) is 0.824. The van der Waals surface area contributed by atoms with E-state index < -0.39 is 0 Å². The van der Waals surface area contributed by atoms with Crippen LogP contribution in [0.1, 0.15) is 25.8 Å². The van der Waals surface area contributed by atoms with Crippen molar-refractivity contribution in [2.24, 2.45) is 5.92 Å². The van der Waals surface area contributed by atoms with Gasteiger partial charge in [0, 0.05) is 9.61 Å². The van der Waals surface area contributed by atoms with Crippen LogP contribution in [0.5, 0.6) is 0 Å². The number of imidazole rings is 1. The van der Waals surface area contributed by atoms with Crippen molar-refractivity contribution in [2.75, 3.05) is 0 Å². The molecule has 0 radical (unpaired) electrons. The van der Waals surface area contributed by atoms with Gasteiger partial charge in [-0.3, -0.25) is 0 Å². The number of hydrogen-bond acceptors (Lipinski definition) is 1. The second kappa shape index (κ2) is 3.84. The Kier molecular flexibility index (Phi) is 2.58. The van der Waals surface area contributed by atoms with Crippen LogP contribution in [-0.2, 0) is 0 Å². The van der Waals surface area contributed by atoms with Crippen molar-refractivity contribution < 1.29 is 0 Å². The minimum atomic E-state index is 0.529. The summed E-state index contributed by atoms with van der Waals surface area (Å²) in [5.41, 5.74) is 2.40. The summed E-state index contributed by atoms with van der Waals surface area (Å²) in [6.45, 7) is 2.28. The van der Waals surface area contributed by atoms with Crippen molar-refractivity contribution in [3.63, 3.8) is 0 Å². The lowest BCUT2D eigenvalue weighted by molar-refractivity contribution is 0.493. The van der Waals surface area contributed by atoms with Gasteiger partial charge in [-0.25, -0.2) is 0 Å². The minimum Gasteiger partial charge on any atom is -0.331 e. The Balaban J connectivity index is 2.22. The van der Waals surface area contributed by atoms with E-state index in [0.29, 0.717) is 6.04 Å². The van der Waals surface area contributed by atoms with E-state index in [9.17, 15) is 0 Å². The van der Waals surface area contributed by atoms with Crippen LogP contribution in [0.4, 0.5) is 0 Å². The monoisotopic (exact) mass is 344 g/mol. The van der Waals surface area contributed by atoms with E-state index in [1.807, 2.05) is 0 Å². The lowest BCUT2D eigenvalue weighted by Gasteiger charge is -2.13. The summed E-state index contributed by atoms with van der Waals surface area (Å²) in [7, 11) is 0. The van der Waals surface area contributed by atoms with Crippen molar-refractivity contribution in [2.45, 2.75) is 25.8 Å². The van der Waals surface area contributed by atoms with Gasteiger partial charge in [0.05, 0.1) is 11.0 Å². The van der Waals surface area contributed by atoms with E-state index in [4.69, 9.17) is 12.2 Å². The van der Waals surface area contributed by atoms with Crippen LogP contribution in [0.15, 0.2) is 18.2 Å². The first kappa shape index (κ1) is 10.8. The molecule has 2 aromatic rings. The Morgan fingerprint density at radius 2 is 2.25 bits per heavy atom. The van der Waals surface area contributed by atoms with Gasteiger partial charge in [0.1, 0.15) is 0 Å². The Bertz CT molecular complexity index is 595. The molecule has 1 fully saturated rings. The molecule has 1 unspecified atom stereocenters. The zero-order valence-electron chi connectivity index (χ0n) is 9.03. The molecule has 3 rings (SSSR count). The Morgan fingerprint density at radius 3 is 2.94 bits per heavy atom. The Labute approximate surface area is 113 Å². The third kappa shape index (κ3) is 1.72. The summed E-state index contributed by atoms with van der Waals surface area (Å²) in [6, 6.07) is 6.99. The van der Waals surface area contributed by atoms with Crippen LogP contribution in [0.25, 0.3) is 11.0 Å². The number of rotatable bonds is 2. The number of nitrogens with zero attached hydrogens (tertiary/aromatic N) is 1. The van der Waals surface area contributed by atoms with Crippen LogP contribution < -0.4 is 0 Å². The molecule has 1 aromatic heterocycles. The standard InChI is InChI=1S/C12H13IN2S/c1-7(8-2-3-8)15-11-5-4-9(13)6-10(11)14-12(15)16/h4-8H,2-3H2,1H3,(H,14,16). The number of hydrogen-bond donors (Lipinski definition) is 1. The average Bonchev–Trinajstić information content (AvgIpc) is 3.01. The lowest BCUT2D eigenvalue weighted by atomic mass is 10.2. The number of fused-ring (bicyclic) bond motifs is 1. The fourth-order valence-electron chi connectivity index (χ4n) is 2.30. The third-order valence-corrected chi connectivity index (χ3v) is 4.36. The van der Waals surface area contributed by atoms with E-state index in [1.165, 1.54) is 21.9 Å². The van der Waals surface area contributed by atoms with Crippen LogP contribution in [0, 0.1) is 14.3 Å². The lowest BCUT2D eigenvalue weighted by Crippen LogP contribution is -2.06. The fraction of sp³-hybridized carbons (Fsp3) is 0.417. The number of nitrogens with one attached hydrogen (secondary N) is 1. The highest BCUT2D eigenvalue weighted by atomic mass is 127. The van der Waals surface area contributed by atoms with E-state index in [-0.39, 0.29) is 0 Å². The molecule has 16 heavy (non-hydrogen) atoms. The predicted molar refractivity (Wildman–Crippen MR) is 77.3 cm³/mol. The summed E-state index contributed by atoms with van der Waals surface area (Å²) < 4.78 is 4.38. The number of H-pyrrole nitrogens is 1. The maximum Gasteiger partial charge on any atom is 0.178 e. The molecule has 1 saturated carbocycles. The van der Waals surface area contributed by atoms with E-state index in [0.717, 1.165) is 16.2 Å². The molecule has 1 atom stereocenters. The molecular formula is C12H13IN2S. The SMILES string of the molecule is CC(C1CC1)n1c(=S)[nH]c2cc(I)ccc21. The first-order valence-electron chi connectivity index (χ1n) is 5.56. The second-order valence-electron chi connectivity index (χ2n) is 4.54. The molecule has 0 amide bonds. The van der Waals surface area contributed by atoms with Gasteiger partial charge in [-0.2, -0.15) is 0 Å². The van der Waals surface area contributed by atoms with Crippen LogP contribution in [0.3, 0.4) is 0 Å². The molecule has 84 valence electrons. The van der Waals surface area contributed by atoms with Gasteiger partial charge in [-0.05, 0) is 78.7 Å². The quantitative estimate of drug-likeness (QED) is 0.637. The molecule has 4 heteroatoms. The Hall–Kier alpha value is -0.360.